The molecular weight excluding hydrogens is 400 g/mol. The van der Waals surface area contributed by atoms with Gasteiger partial charge in [0, 0.05) is 20.8 Å². The summed E-state index contributed by atoms with van der Waals surface area (Å²) < 4.78 is 0. The van der Waals surface area contributed by atoms with Crippen LogP contribution in [0.15, 0.2) is 40.7 Å². The Morgan fingerprint density at radius 3 is 3.04 bits per heavy atom. The molecule has 138 valence electrons. The van der Waals surface area contributed by atoms with E-state index in [9.17, 15) is 4.79 Å². The van der Waals surface area contributed by atoms with Crippen LogP contribution >= 0.6 is 34.7 Å². The van der Waals surface area contributed by atoms with Crippen LogP contribution in [-0.2, 0) is 17.6 Å². The van der Waals surface area contributed by atoms with Crippen molar-refractivity contribution in [2.45, 2.75) is 30.7 Å². The van der Waals surface area contributed by atoms with E-state index >= 15 is 0 Å². The van der Waals surface area contributed by atoms with Crippen LogP contribution in [0.5, 0.6) is 0 Å². The molecule has 8 heteroatoms. The molecule has 1 amide bonds. The van der Waals surface area contributed by atoms with Crippen molar-refractivity contribution >= 4 is 57.0 Å². The highest BCUT2D eigenvalue weighted by Gasteiger charge is 2.20. The summed E-state index contributed by atoms with van der Waals surface area (Å²) in [5.74, 6) is 0.0653. The Kier molecular flexibility index (Phi) is 5.71. The number of fused-ring (bicyclic) bond motifs is 3. The predicted molar refractivity (Wildman–Crippen MR) is 112 cm³/mol. The van der Waals surface area contributed by atoms with Gasteiger partial charge in [-0.15, -0.1) is 11.3 Å². The van der Waals surface area contributed by atoms with Crippen LogP contribution < -0.4 is 5.43 Å². The number of amides is 1. The molecule has 2 aromatic heterocycles. The highest BCUT2D eigenvalue weighted by molar-refractivity contribution is 8.00. The van der Waals surface area contributed by atoms with E-state index in [1.54, 1.807) is 29.9 Å². The topological polar surface area (TPSA) is 67.2 Å². The van der Waals surface area contributed by atoms with Crippen molar-refractivity contribution in [2.24, 2.45) is 5.10 Å². The number of nitrogens with zero attached hydrogens (tertiary/aromatic N) is 3. The fraction of sp³-hybridized carbons (Fsp3) is 0.263. The quantitative estimate of drug-likeness (QED) is 0.288. The van der Waals surface area contributed by atoms with E-state index in [-0.39, 0.29) is 11.7 Å². The number of halogens is 1. The number of hydrazone groups is 1. The largest absolute Gasteiger partial charge is 0.272 e. The molecule has 3 aromatic rings. The summed E-state index contributed by atoms with van der Waals surface area (Å²) in [6, 6.07) is 7.33. The summed E-state index contributed by atoms with van der Waals surface area (Å²) in [6.45, 7) is 0. The Labute approximate surface area is 170 Å². The van der Waals surface area contributed by atoms with Crippen LogP contribution in [0.1, 0.15) is 28.8 Å². The van der Waals surface area contributed by atoms with E-state index in [4.69, 9.17) is 11.6 Å². The van der Waals surface area contributed by atoms with Gasteiger partial charge in [-0.1, -0.05) is 41.6 Å². The number of hydrogen-bond donors (Lipinski definition) is 1. The number of hydrogen-bond acceptors (Lipinski definition) is 6. The van der Waals surface area contributed by atoms with Gasteiger partial charge in [-0.2, -0.15) is 5.10 Å². The van der Waals surface area contributed by atoms with Crippen LogP contribution in [0.25, 0.3) is 10.2 Å². The average Bonchev–Trinajstić information content (AvgIpc) is 3.07. The van der Waals surface area contributed by atoms with Gasteiger partial charge < -0.3 is 0 Å². The standard InChI is InChI=1S/C19H17ClN4OS2/c20-14-7-3-1-5-12(14)9-23-24-16(25)10-26-18-17-13-6-2-4-8-15(13)27-19(17)22-11-21-18/h1,3,5,7,9,11H,2,4,6,8,10H2,(H,24,25). The Morgan fingerprint density at radius 1 is 1.30 bits per heavy atom. The molecule has 0 unspecified atom stereocenters. The SMILES string of the molecule is O=C(CSc1ncnc2sc3c(c12)CCCC3)NN=Cc1ccccc1Cl. The number of thioether (sulfide) groups is 1. The molecule has 0 bridgehead atoms. The van der Waals surface area contributed by atoms with Gasteiger partial charge in [-0.3, -0.25) is 4.79 Å². The van der Waals surface area contributed by atoms with Crippen LogP contribution in [0.4, 0.5) is 0 Å². The monoisotopic (exact) mass is 416 g/mol. The number of aromatic nitrogens is 2. The van der Waals surface area contributed by atoms with Gasteiger partial charge in [0.2, 0.25) is 5.91 Å². The first-order valence-corrected chi connectivity index (χ1v) is 10.8. The summed E-state index contributed by atoms with van der Waals surface area (Å²) in [5, 5.41) is 6.59. The molecule has 0 aliphatic heterocycles. The molecule has 0 fully saturated rings. The van der Waals surface area contributed by atoms with Gasteiger partial charge in [0.05, 0.1) is 12.0 Å². The number of benzene rings is 1. The lowest BCUT2D eigenvalue weighted by molar-refractivity contribution is -0.118. The van der Waals surface area contributed by atoms with Gasteiger partial charge in [0.25, 0.3) is 0 Å². The van der Waals surface area contributed by atoms with Crippen molar-refractivity contribution in [3.63, 3.8) is 0 Å². The molecule has 1 aliphatic carbocycles. The molecule has 0 saturated carbocycles. The first kappa shape index (κ1) is 18.4. The van der Waals surface area contributed by atoms with Crippen molar-refractivity contribution in [1.29, 1.82) is 0 Å². The highest BCUT2D eigenvalue weighted by atomic mass is 35.5. The number of carbonyl (C=O) groups excluding carboxylic acids is 1. The molecule has 2 heterocycles. The molecule has 1 N–H and O–H groups in total. The molecule has 0 spiro atoms. The van der Waals surface area contributed by atoms with Gasteiger partial charge in [-0.05, 0) is 37.3 Å². The first-order valence-electron chi connectivity index (χ1n) is 8.67. The maximum absolute atomic E-state index is 12.1. The van der Waals surface area contributed by atoms with Gasteiger partial charge in [0.15, 0.2) is 0 Å². The number of rotatable bonds is 5. The third-order valence-electron chi connectivity index (χ3n) is 4.35. The molecule has 27 heavy (non-hydrogen) atoms. The minimum absolute atomic E-state index is 0.181. The lowest BCUT2D eigenvalue weighted by atomic mass is 9.97. The smallest absolute Gasteiger partial charge is 0.250 e. The Balaban J connectivity index is 1.42. The second-order valence-electron chi connectivity index (χ2n) is 6.17. The minimum Gasteiger partial charge on any atom is -0.272 e. The molecule has 0 radical (unpaired) electrons. The maximum atomic E-state index is 12.1. The number of thiophene rings is 1. The molecule has 0 atom stereocenters. The number of carbonyl (C=O) groups is 1. The number of aryl methyl sites for hydroxylation is 2. The normalized spacial score (nSPS) is 13.8. The highest BCUT2D eigenvalue weighted by Crippen LogP contribution is 2.39. The van der Waals surface area contributed by atoms with Crippen LogP contribution in [0.3, 0.4) is 0 Å². The summed E-state index contributed by atoms with van der Waals surface area (Å²) >= 11 is 9.25. The fourth-order valence-corrected chi connectivity index (χ4v) is 5.39. The summed E-state index contributed by atoms with van der Waals surface area (Å²) in [5.41, 5.74) is 4.68. The Bertz CT molecular complexity index is 1020. The molecule has 5 nitrogen and oxygen atoms in total. The zero-order valence-corrected chi connectivity index (χ0v) is 16.8. The number of nitrogens with one attached hydrogen (secondary N) is 1. The Morgan fingerprint density at radius 2 is 2.15 bits per heavy atom. The molecule has 4 rings (SSSR count). The minimum atomic E-state index is -0.181. The van der Waals surface area contributed by atoms with Crippen molar-refractivity contribution in [1.82, 2.24) is 15.4 Å². The van der Waals surface area contributed by atoms with E-state index in [0.717, 1.165) is 33.6 Å². The molecule has 0 saturated heterocycles. The van der Waals surface area contributed by atoms with Crippen LogP contribution in [-0.4, -0.2) is 27.8 Å². The van der Waals surface area contributed by atoms with E-state index in [1.807, 2.05) is 18.2 Å². The lowest BCUT2D eigenvalue weighted by Gasteiger charge is -2.11. The third-order valence-corrected chi connectivity index (χ3v) is 6.89. The fourth-order valence-electron chi connectivity index (χ4n) is 3.09. The van der Waals surface area contributed by atoms with Gasteiger partial charge in [-0.25, -0.2) is 15.4 Å². The van der Waals surface area contributed by atoms with E-state index in [1.165, 1.54) is 35.0 Å². The zero-order chi connectivity index (χ0) is 18.6. The van der Waals surface area contributed by atoms with Crippen LogP contribution in [0.2, 0.25) is 5.02 Å². The summed E-state index contributed by atoms with van der Waals surface area (Å²) in [4.78, 5) is 23.4. The van der Waals surface area contributed by atoms with Crippen molar-refractivity contribution in [2.75, 3.05) is 5.75 Å². The van der Waals surface area contributed by atoms with Gasteiger partial charge in [0.1, 0.15) is 16.2 Å². The van der Waals surface area contributed by atoms with Crippen LogP contribution in [0, 0.1) is 0 Å². The van der Waals surface area contributed by atoms with E-state index < -0.39 is 0 Å². The lowest BCUT2D eigenvalue weighted by Crippen LogP contribution is -2.19. The average molecular weight is 417 g/mol. The third kappa shape index (κ3) is 4.15. The molecule has 1 aromatic carbocycles. The summed E-state index contributed by atoms with van der Waals surface area (Å²) in [6.07, 6.45) is 7.77. The van der Waals surface area contributed by atoms with Crippen molar-refractivity contribution < 1.29 is 4.79 Å². The van der Waals surface area contributed by atoms with E-state index in [0.29, 0.717) is 5.02 Å². The molecule has 1 aliphatic rings. The predicted octanol–water partition coefficient (Wildman–Crippen LogP) is 4.47. The second kappa shape index (κ2) is 8.37. The van der Waals surface area contributed by atoms with E-state index in [2.05, 4.69) is 20.5 Å². The first-order chi connectivity index (χ1) is 13.2. The zero-order valence-electron chi connectivity index (χ0n) is 14.4. The van der Waals surface area contributed by atoms with Gasteiger partial charge >= 0.3 is 0 Å². The maximum Gasteiger partial charge on any atom is 0.250 e. The second-order valence-corrected chi connectivity index (χ2v) is 8.63. The Hall–Kier alpha value is -1.96. The molecular formula is C19H17ClN4OS2. The van der Waals surface area contributed by atoms with Crippen molar-refractivity contribution in [3.05, 3.63) is 51.6 Å². The van der Waals surface area contributed by atoms with Crippen molar-refractivity contribution in [3.8, 4) is 0 Å². The summed E-state index contributed by atoms with van der Waals surface area (Å²) in [7, 11) is 0.